The average molecular weight is 225 g/mol. The number of carboxylic acid groups (broad SMARTS) is 1. The maximum atomic E-state index is 10.5. The van der Waals surface area contributed by atoms with Crippen molar-refractivity contribution < 1.29 is 19.6 Å². The third kappa shape index (κ3) is 3.32. The molecule has 86 valence electrons. The predicted molar refractivity (Wildman–Crippen MR) is 55.0 cm³/mol. The molecule has 0 aliphatic rings. The number of non-ortho nitro benzene ring substituents is 1. The lowest BCUT2D eigenvalue weighted by Gasteiger charge is -2.07. The molecule has 0 saturated heterocycles. The van der Waals surface area contributed by atoms with Crippen LogP contribution in [0.3, 0.4) is 0 Å². The standard InChI is InChI=1S/C10H11NO5/c1-7(10(12)13)16-6-8-3-2-4-9(5-8)11(14)15/h2-5,7H,6H2,1H3,(H,12,13). The first-order chi connectivity index (χ1) is 7.50. The summed E-state index contributed by atoms with van der Waals surface area (Å²) in [6, 6.07) is 5.89. The monoisotopic (exact) mass is 225 g/mol. The van der Waals surface area contributed by atoms with Gasteiger partial charge in [0.2, 0.25) is 0 Å². The zero-order valence-corrected chi connectivity index (χ0v) is 8.62. The van der Waals surface area contributed by atoms with Crippen LogP contribution in [-0.2, 0) is 16.1 Å². The van der Waals surface area contributed by atoms with Crippen LogP contribution in [0.25, 0.3) is 0 Å². The number of carboxylic acids is 1. The Bertz CT molecular complexity index is 404. The predicted octanol–water partition coefficient (Wildman–Crippen LogP) is 1.58. The maximum absolute atomic E-state index is 10.5. The fourth-order valence-electron chi connectivity index (χ4n) is 1.05. The summed E-state index contributed by atoms with van der Waals surface area (Å²) >= 11 is 0. The fourth-order valence-corrected chi connectivity index (χ4v) is 1.05. The lowest BCUT2D eigenvalue weighted by atomic mass is 10.2. The highest BCUT2D eigenvalue weighted by atomic mass is 16.6. The van der Waals surface area contributed by atoms with Gasteiger partial charge in [0.15, 0.2) is 6.10 Å². The molecule has 0 aliphatic carbocycles. The van der Waals surface area contributed by atoms with Crippen LogP contribution >= 0.6 is 0 Å². The van der Waals surface area contributed by atoms with Gasteiger partial charge in [0.05, 0.1) is 11.5 Å². The average Bonchev–Trinajstić information content (AvgIpc) is 2.26. The van der Waals surface area contributed by atoms with Crippen LogP contribution in [0.4, 0.5) is 5.69 Å². The second-order valence-corrected chi connectivity index (χ2v) is 3.22. The molecule has 1 aromatic rings. The van der Waals surface area contributed by atoms with Gasteiger partial charge in [-0.05, 0) is 12.5 Å². The minimum absolute atomic E-state index is 0.0369. The summed E-state index contributed by atoms with van der Waals surface area (Å²) in [5, 5.41) is 19.0. The van der Waals surface area contributed by atoms with Gasteiger partial charge in [-0.2, -0.15) is 0 Å². The van der Waals surface area contributed by atoms with Gasteiger partial charge in [-0.15, -0.1) is 0 Å². The van der Waals surface area contributed by atoms with Crippen LogP contribution in [0.5, 0.6) is 0 Å². The van der Waals surface area contributed by atoms with E-state index in [-0.39, 0.29) is 12.3 Å². The van der Waals surface area contributed by atoms with Crippen molar-refractivity contribution in [1.29, 1.82) is 0 Å². The molecule has 1 unspecified atom stereocenters. The topological polar surface area (TPSA) is 89.7 Å². The van der Waals surface area contributed by atoms with Crippen molar-refractivity contribution >= 4 is 11.7 Å². The first-order valence-corrected chi connectivity index (χ1v) is 4.58. The van der Waals surface area contributed by atoms with Gasteiger partial charge in [0.25, 0.3) is 5.69 Å². The third-order valence-corrected chi connectivity index (χ3v) is 1.97. The lowest BCUT2D eigenvalue weighted by molar-refractivity contribution is -0.385. The number of nitrogens with zero attached hydrogens (tertiary/aromatic N) is 1. The molecule has 0 heterocycles. The molecular formula is C10H11NO5. The number of aliphatic carboxylic acids is 1. The Kier molecular flexibility index (Phi) is 3.96. The molecule has 0 amide bonds. The van der Waals surface area contributed by atoms with Gasteiger partial charge < -0.3 is 9.84 Å². The number of benzene rings is 1. The van der Waals surface area contributed by atoms with E-state index in [2.05, 4.69) is 0 Å². The normalized spacial score (nSPS) is 12.1. The van der Waals surface area contributed by atoms with E-state index in [1.807, 2.05) is 0 Å². The quantitative estimate of drug-likeness (QED) is 0.607. The van der Waals surface area contributed by atoms with Crippen LogP contribution in [0, 0.1) is 10.1 Å². The van der Waals surface area contributed by atoms with E-state index in [9.17, 15) is 14.9 Å². The Labute approximate surface area is 91.6 Å². The van der Waals surface area contributed by atoms with E-state index >= 15 is 0 Å². The summed E-state index contributed by atoms with van der Waals surface area (Å²) in [5.41, 5.74) is 0.534. The summed E-state index contributed by atoms with van der Waals surface area (Å²) < 4.78 is 5.00. The Morgan fingerprint density at radius 2 is 2.31 bits per heavy atom. The number of ether oxygens (including phenoxy) is 1. The second-order valence-electron chi connectivity index (χ2n) is 3.22. The summed E-state index contributed by atoms with van der Waals surface area (Å²) in [6.45, 7) is 1.44. The van der Waals surface area contributed by atoms with Crippen LogP contribution < -0.4 is 0 Å². The molecule has 6 nitrogen and oxygen atoms in total. The van der Waals surface area contributed by atoms with E-state index in [0.29, 0.717) is 5.56 Å². The molecule has 1 rings (SSSR count). The van der Waals surface area contributed by atoms with Gasteiger partial charge in [0.1, 0.15) is 0 Å². The van der Waals surface area contributed by atoms with E-state index in [4.69, 9.17) is 9.84 Å². The number of hydrogen-bond donors (Lipinski definition) is 1. The molecule has 1 atom stereocenters. The zero-order chi connectivity index (χ0) is 12.1. The minimum atomic E-state index is -1.06. The van der Waals surface area contributed by atoms with Crippen molar-refractivity contribution in [3.8, 4) is 0 Å². The van der Waals surface area contributed by atoms with Crippen LogP contribution in [-0.4, -0.2) is 22.1 Å². The highest BCUT2D eigenvalue weighted by molar-refractivity contribution is 5.71. The molecule has 1 N–H and O–H groups in total. The van der Waals surface area contributed by atoms with E-state index < -0.39 is 17.0 Å². The molecule has 1 aromatic carbocycles. The van der Waals surface area contributed by atoms with Crippen molar-refractivity contribution in [2.24, 2.45) is 0 Å². The lowest BCUT2D eigenvalue weighted by Crippen LogP contribution is -2.19. The van der Waals surface area contributed by atoms with E-state index in [0.717, 1.165) is 0 Å². The first-order valence-electron chi connectivity index (χ1n) is 4.58. The number of nitro groups is 1. The molecule has 6 heteroatoms. The van der Waals surface area contributed by atoms with Crippen LogP contribution in [0.15, 0.2) is 24.3 Å². The fraction of sp³-hybridized carbons (Fsp3) is 0.300. The molecule has 0 aromatic heterocycles. The van der Waals surface area contributed by atoms with Crippen molar-refractivity contribution in [3.05, 3.63) is 39.9 Å². The van der Waals surface area contributed by atoms with Gasteiger partial charge in [-0.25, -0.2) is 4.79 Å². The second kappa shape index (κ2) is 5.22. The summed E-state index contributed by atoms with van der Waals surface area (Å²) in [6.07, 6.45) is -0.931. The van der Waals surface area contributed by atoms with Gasteiger partial charge in [-0.1, -0.05) is 12.1 Å². The molecule has 0 spiro atoms. The summed E-state index contributed by atoms with van der Waals surface area (Å²) in [4.78, 5) is 20.4. The summed E-state index contributed by atoms with van der Waals surface area (Å²) in [7, 11) is 0. The molecule has 0 fully saturated rings. The molecule has 0 bridgehead atoms. The molecular weight excluding hydrogens is 214 g/mol. The highest BCUT2D eigenvalue weighted by Gasteiger charge is 2.12. The van der Waals surface area contributed by atoms with E-state index in [1.165, 1.54) is 25.1 Å². The van der Waals surface area contributed by atoms with Crippen molar-refractivity contribution in [3.63, 3.8) is 0 Å². The Morgan fingerprint density at radius 1 is 1.62 bits per heavy atom. The molecule has 0 aliphatic heterocycles. The van der Waals surface area contributed by atoms with Gasteiger partial charge >= 0.3 is 5.97 Å². The summed E-state index contributed by atoms with van der Waals surface area (Å²) in [5.74, 6) is -1.06. The number of carbonyl (C=O) groups is 1. The SMILES string of the molecule is CC(OCc1cccc([N+](=O)[O-])c1)C(=O)O. The van der Waals surface area contributed by atoms with Gasteiger partial charge in [0, 0.05) is 12.1 Å². The van der Waals surface area contributed by atoms with Crippen LogP contribution in [0.1, 0.15) is 12.5 Å². The molecule has 0 saturated carbocycles. The van der Waals surface area contributed by atoms with Crippen molar-refractivity contribution in [2.75, 3.05) is 0 Å². The Morgan fingerprint density at radius 3 is 2.88 bits per heavy atom. The number of rotatable bonds is 5. The molecule has 0 radical (unpaired) electrons. The zero-order valence-electron chi connectivity index (χ0n) is 8.62. The van der Waals surface area contributed by atoms with Gasteiger partial charge in [-0.3, -0.25) is 10.1 Å². The van der Waals surface area contributed by atoms with E-state index in [1.54, 1.807) is 6.07 Å². The first kappa shape index (κ1) is 12.1. The third-order valence-electron chi connectivity index (χ3n) is 1.97. The molecule has 16 heavy (non-hydrogen) atoms. The maximum Gasteiger partial charge on any atom is 0.332 e. The number of hydrogen-bond acceptors (Lipinski definition) is 4. The Balaban J connectivity index is 2.64. The van der Waals surface area contributed by atoms with Crippen molar-refractivity contribution in [2.45, 2.75) is 19.6 Å². The van der Waals surface area contributed by atoms with Crippen molar-refractivity contribution in [1.82, 2.24) is 0 Å². The Hall–Kier alpha value is -1.95. The largest absolute Gasteiger partial charge is 0.479 e. The smallest absolute Gasteiger partial charge is 0.332 e. The van der Waals surface area contributed by atoms with Crippen LogP contribution in [0.2, 0.25) is 0 Å². The highest BCUT2D eigenvalue weighted by Crippen LogP contribution is 2.14. The minimum Gasteiger partial charge on any atom is -0.479 e. The number of nitro benzene ring substituents is 1.